The van der Waals surface area contributed by atoms with E-state index >= 15 is 0 Å². The van der Waals surface area contributed by atoms with E-state index in [-0.39, 0.29) is 29.9 Å². The number of ether oxygens (including phenoxy) is 2. The van der Waals surface area contributed by atoms with Gasteiger partial charge in [0.2, 0.25) is 5.91 Å². The highest BCUT2D eigenvalue weighted by Crippen LogP contribution is 2.52. The lowest BCUT2D eigenvalue weighted by atomic mass is 9.78. The number of rotatable bonds is 9. The average molecular weight is 520 g/mol. The Morgan fingerprint density at radius 3 is 1.69 bits per heavy atom. The molecule has 0 unspecified atom stereocenters. The monoisotopic (exact) mass is 519 g/mol. The van der Waals surface area contributed by atoms with E-state index in [0.717, 1.165) is 28.0 Å². The molecule has 0 radical (unpaired) electrons. The van der Waals surface area contributed by atoms with Crippen LogP contribution in [-0.4, -0.2) is 30.7 Å². The van der Waals surface area contributed by atoms with Gasteiger partial charge in [-0.1, -0.05) is 97.1 Å². The standard InChI is InChI=1S/C34H33NO4/c1-35(2)34(37)33-29(36)21-28(26-17-9-11-19-30(26)38-22-24-13-5-3-6-14-24)32(33)27-18-10-12-20-31(27)39-23-25-15-7-4-8-16-25/h3-20,28,32-33H,21-23H2,1-2H3/t28-,32-,33-/m1/s1. The number of hydrogen-bond acceptors (Lipinski definition) is 4. The van der Waals surface area contributed by atoms with E-state index in [4.69, 9.17) is 9.47 Å². The minimum Gasteiger partial charge on any atom is -0.489 e. The van der Waals surface area contributed by atoms with Crippen LogP contribution in [0.5, 0.6) is 11.5 Å². The smallest absolute Gasteiger partial charge is 0.233 e. The largest absolute Gasteiger partial charge is 0.489 e. The van der Waals surface area contributed by atoms with Crippen molar-refractivity contribution >= 4 is 11.7 Å². The van der Waals surface area contributed by atoms with Crippen molar-refractivity contribution in [1.29, 1.82) is 0 Å². The number of benzene rings is 4. The Labute approximate surface area is 230 Å². The van der Waals surface area contributed by atoms with Crippen LogP contribution in [-0.2, 0) is 22.8 Å². The lowest BCUT2D eigenvalue weighted by Crippen LogP contribution is -2.35. The van der Waals surface area contributed by atoms with E-state index in [1.54, 1.807) is 14.1 Å². The van der Waals surface area contributed by atoms with E-state index in [9.17, 15) is 9.59 Å². The van der Waals surface area contributed by atoms with E-state index in [1.807, 2.05) is 109 Å². The predicted octanol–water partition coefficient (Wildman–Crippen LogP) is 6.39. The summed E-state index contributed by atoms with van der Waals surface area (Å²) in [6, 6.07) is 35.6. The molecule has 5 rings (SSSR count). The van der Waals surface area contributed by atoms with Crippen LogP contribution in [0.3, 0.4) is 0 Å². The minimum absolute atomic E-state index is 0.0561. The van der Waals surface area contributed by atoms with Crippen LogP contribution in [0, 0.1) is 5.92 Å². The molecule has 4 aromatic rings. The molecule has 198 valence electrons. The van der Waals surface area contributed by atoms with Crippen molar-refractivity contribution in [2.24, 2.45) is 5.92 Å². The van der Waals surface area contributed by atoms with Crippen LogP contribution in [0.15, 0.2) is 109 Å². The molecule has 5 heteroatoms. The summed E-state index contributed by atoms with van der Waals surface area (Å²) in [5.74, 6) is -0.253. The third kappa shape index (κ3) is 5.88. The van der Waals surface area contributed by atoms with Gasteiger partial charge >= 0.3 is 0 Å². The topological polar surface area (TPSA) is 55.8 Å². The van der Waals surface area contributed by atoms with Gasteiger partial charge in [-0.25, -0.2) is 0 Å². The zero-order chi connectivity index (χ0) is 27.2. The van der Waals surface area contributed by atoms with Gasteiger partial charge in [-0.2, -0.15) is 0 Å². The number of Topliss-reactive ketones (excluding diaryl/α,β-unsaturated/α-hetero) is 1. The first kappa shape index (κ1) is 26.2. The molecular formula is C34H33NO4. The maximum absolute atomic E-state index is 13.5. The Morgan fingerprint density at radius 2 is 1.15 bits per heavy atom. The first-order chi connectivity index (χ1) is 19.0. The molecule has 0 spiro atoms. The molecule has 4 aromatic carbocycles. The van der Waals surface area contributed by atoms with Gasteiger partial charge in [-0.05, 0) is 34.4 Å². The third-order valence-electron chi connectivity index (χ3n) is 7.34. The third-order valence-corrected chi connectivity index (χ3v) is 7.34. The van der Waals surface area contributed by atoms with Crippen molar-refractivity contribution in [1.82, 2.24) is 4.90 Å². The van der Waals surface area contributed by atoms with Crippen LogP contribution >= 0.6 is 0 Å². The summed E-state index contributed by atoms with van der Waals surface area (Å²) < 4.78 is 12.6. The summed E-state index contributed by atoms with van der Waals surface area (Å²) in [6.07, 6.45) is 0.258. The van der Waals surface area contributed by atoms with Crippen molar-refractivity contribution in [3.63, 3.8) is 0 Å². The molecule has 1 saturated carbocycles. The zero-order valence-electron chi connectivity index (χ0n) is 22.3. The molecule has 0 bridgehead atoms. The van der Waals surface area contributed by atoms with Gasteiger partial charge in [0, 0.05) is 32.4 Å². The summed E-state index contributed by atoms with van der Waals surface area (Å²) in [6.45, 7) is 0.812. The molecule has 5 nitrogen and oxygen atoms in total. The van der Waals surface area contributed by atoms with E-state index in [2.05, 4.69) is 0 Å². The fourth-order valence-electron chi connectivity index (χ4n) is 5.45. The Balaban J connectivity index is 1.52. The lowest BCUT2D eigenvalue weighted by molar-refractivity contribution is -0.138. The van der Waals surface area contributed by atoms with E-state index in [0.29, 0.717) is 19.0 Å². The highest BCUT2D eigenvalue weighted by molar-refractivity contribution is 6.04. The fourth-order valence-corrected chi connectivity index (χ4v) is 5.45. The molecule has 0 heterocycles. The molecule has 0 saturated heterocycles. The minimum atomic E-state index is -0.798. The Morgan fingerprint density at radius 1 is 0.692 bits per heavy atom. The number of carbonyl (C=O) groups is 2. The van der Waals surface area contributed by atoms with Crippen LogP contribution in [0.25, 0.3) is 0 Å². The molecule has 0 N–H and O–H groups in total. The Hall–Kier alpha value is -4.38. The average Bonchev–Trinajstić information content (AvgIpc) is 3.32. The summed E-state index contributed by atoms with van der Waals surface area (Å²) in [5.41, 5.74) is 3.90. The quantitative estimate of drug-likeness (QED) is 0.241. The molecule has 0 aromatic heterocycles. The molecule has 39 heavy (non-hydrogen) atoms. The van der Waals surface area contributed by atoms with Gasteiger partial charge < -0.3 is 14.4 Å². The number of para-hydroxylation sites is 2. The highest BCUT2D eigenvalue weighted by atomic mass is 16.5. The van der Waals surface area contributed by atoms with Crippen molar-refractivity contribution in [2.45, 2.75) is 31.5 Å². The summed E-state index contributed by atoms with van der Waals surface area (Å²) in [4.78, 5) is 28.5. The first-order valence-electron chi connectivity index (χ1n) is 13.3. The van der Waals surface area contributed by atoms with Crippen molar-refractivity contribution in [3.8, 4) is 11.5 Å². The van der Waals surface area contributed by atoms with Crippen LogP contribution in [0.2, 0.25) is 0 Å². The first-order valence-corrected chi connectivity index (χ1v) is 13.3. The highest BCUT2D eigenvalue weighted by Gasteiger charge is 2.49. The van der Waals surface area contributed by atoms with Gasteiger partial charge in [0.05, 0.1) is 0 Å². The lowest BCUT2D eigenvalue weighted by Gasteiger charge is -2.28. The summed E-state index contributed by atoms with van der Waals surface area (Å²) in [7, 11) is 3.41. The van der Waals surface area contributed by atoms with Crippen molar-refractivity contribution in [3.05, 3.63) is 131 Å². The van der Waals surface area contributed by atoms with E-state index in [1.165, 1.54) is 4.90 Å². The molecule has 1 amide bonds. The summed E-state index contributed by atoms with van der Waals surface area (Å²) in [5, 5.41) is 0. The van der Waals surface area contributed by atoms with Crippen LogP contribution < -0.4 is 9.47 Å². The number of hydrogen-bond donors (Lipinski definition) is 0. The van der Waals surface area contributed by atoms with Crippen LogP contribution in [0.4, 0.5) is 0 Å². The molecule has 0 aliphatic heterocycles. The zero-order valence-corrected chi connectivity index (χ0v) is 22.3. The van der Waals surface area contributed by atoms with Gasteiger partial charge in [0.15, 0.2) is 0 Å². The maximum atomic E-state index is 13.5. The Kier molecular flexibility index (Phi) is 8.07. The number of nitrogens with zero attached hydrogens (tertiary/aromatic N) is 1. The molecule has 1 aliphatic rings. The summed E-state index contributed by atoms with van der Waals surface area (Å²) >= 11 is 0. The molecule has 1 aliphatic carbocycles. The predicted molar refractivity (Wildman–Crippen MR) is 152 cm³/mol. The Bertz CT molecular complexity index is 1420. The van der Waals surface area contributed by atoms with Crippen molar-refractivity contribution < 1.29 is 19.1 Å². The van der Waals surface area contributed by atoms with Gasteiger partial charge in [0.25, 0.3) is 0 Å². The van der Waals surface area contributed by atoms with Gasteiger partial charge in [-0.15, -0.1) is 0 Å². The van der Waals surface area contributed by atoms with Gasteiger partial charge in [0.1, 0.15) is 36.4 Å². The van der Waals surface area contributed by atoms with Gasteiger partial charge in [-0.3, -0.25) is 9.59 Å². The van der Waals surface area contributed by atoms with Crippen LogP contribution in [0.1, 0.15) is 40.5 Å². The van der Waals surface area contributed by atoms with E-state index < -0.39 is 5.92 Å². The fraction of sp³-hybridized carbons (Fsp3) is 0.235. The number of ketones is 1. The second kappa shape index (κ2) is 12.0. The number of carbonyl (C=O) groups excluding carboxylic acids is 2. The second-order valence-electron chi connectivity index (χ2n) is 10.1. The number of amides is 1. The molecular weight excluding hydrogens is 486 g/mol. The maximum Gasteiger partial charge on any atom is 0.233 e. The van der Waals surface area contributed by atoms with Crippen molar-refractivity contribution in [2.75, 3.05) is 14.1 Å². The molecule has 1 fully saturated rings. The second-order valence-corrected chi connectivity index (χ2v) is 10.1. The SMILES string of the molecule is CN(C)C(=O)[C@@H]1C(=O)C[C@H](c2ccccc2OCc2ccccc2)[C@H]1c1ccccc1OCc1ccccc1. The normalized spacial score (nSPS) is 18.5. The molecule has 3 atom stereocenters.